The molecule has 2 aliphatic rings. The molecule has 0 bridgehead atoms. The van der Waals surface area contributed by atoms with E-state index in [1.54, 1.807) is 0 Å². The molecule has 0 spiro atoms. The number of aryl methyl sites for hydroxylation is 1. The summed E-state index contributed by atoms with van der Waals surface area (Å²) in [5, 5.41) is 2.18. The second-order valence-corrected chi connectivity index (χ2v) is 9.47. The molecule has 2 aromatic rings. The van der Waals surface area contributed by atoms with Gasteiger partial charge in [0.05, 0.1) is 5.92 Å². The van der Waals surface area contributed by atoms with E-state index in [1.165, 1.54) is 27.1 Å². The Kier molecular flexibility index (Phi) is 3.84. The zero-order valence-corrected chi connectivity index (χ0v) is 16.3. The van der Waals surface area contributed by atoms with Crippen LogP contribution in [0.15, 0.2) is 29.6 Å². The van der Waals surface area contributed by atoms with Gasteiger partial charge in [0.1, 0.15) is 6.61 Å². The number of rotatable bonds is 3. The lowest BCUT2D eigenvalue weighted by atomic mass is 9.98. The molecule has 1 fully saturated rings. The molecule has 0 aliphatic heterocycles. The zero-order chi connectivity index (χ0) is 17.8. The summed E-state index contributed by atoms with van der Waals surface area (Å²) in [5.41, 5.74) is 5.39. The number of carbonyl (C=O) groups is 1. The molecule has 0 amide bonds. The van der Waals surface area contributed by atoms with Crippen molar-refractivity contribution >= 4 is 17.3 Å². The van der Waals surface area contributed by atoms with E-state index in [9.17, 15) is 4.79 Å². The molecule has 0 saturated heterocycles. The molecule has 2 aliphatic carbocycles. The van der Waals surface area contributed by atoms with Gasteiger partial charge in [-0.3, -0.25) is 4.79 Å². The topological polar surface area (TPSA) is 26.3 Å². The SMILES string of the molecule is CC1(C)C(C(=O)OCc2cccc3c2CCCc2ccsc2-3)C1(C)C. The molecule has 1 heterocycles. The van der Waals surface area contributed by atoms with Crippen LogP contribution < -0.4 is 0 Å². The van der Waals surface area contributed by atoms with Crippen molar-refractivity contribution in [3.8, 4) is 10.4 Å². The van der Waals surface area contributed by atoms with Gasteiger partial charge in [-0.1, -0.05) is 45.9 Å². The quantitative estimate of drug-likeness (QED) is 0.668. The van der Waals surface area contributed by atoms with Crippen LogP contribution in [0.5, 0.6) is 0 Å². The van der Waals surface area contributed by atoms with Crippen molar-refractivity contribution in [3.05, 3.63) is 46.3 Å². The third-order valence-corrected chi connectivity index (χ3v) is 7.75. The van der Waals surface area contributed by atoms with Crippen molar-refractivity contribution in [1.82, 2.24) is 0 Å². The molecule has 0 atom stereocenters. The van der Waals surface area contributed by atoms with Gasteiger partial charge in [0.25, 0.3) is 0 Å². The molecular weight excluding hydrogens is 328 g/mol. The van der Waals surface area contributed by atoms with E-state index >= 15 is 0 Å². The highest BCUT2D eigenvalue weighted by molar-refractivity contribution is 7.13. The summed E-state index contributed by atoms with van der Waals surface area (Å²) in [6.07, 6.45) is 3.35. The van der Waals surface area contributed by atoms with Crippen molar-refractivity contribution in [2.45, 2.75) is 53.6 Å². The third kappa shape index (κ3) is 2.55. The number of esters is 1. The highest BCUT2D eigenvalue weighted by Gasteiger charge is 2.69. The number of fused-ring (bicyclic) bond motifs is 3. The Bertz CT molecular complexity index is 814. The lowest BCUT2D eigenvalue weighted by Crippen LogP contribution is -2.12. The number of hydrogen-bond acceptors (Lipinski definition) is 3. The first-order valence-electron chi connectivity index (χ1n) is 9.18. The largest absolute Gasteiger partial charge is 0.461 e. The summed E-state index contributed by atoms with van der Waals surface area (Å²) >= 11 is 1.82. The minimum atomic E-state index is -0.0435. The standard InChI is InChI=1S/C22H26O2S/c1-21(2)19(22(21,3)4)20(23)24-13-15-8-6-10-17-16(15)9-5-7-14-11-12-25-18(14)17/h6,8,10-12,19H,5,7,9,13H2,1-4H3. The zero-order valence-electron chi connectivity index (χ0n) is 15.5. The molecule has 3 heteroatoms. The first-order chi connectivity index (χ1) is 11.8. The minimum absolute atomic E-state index is 0.00575. The van der Waals surface area contributed by atoms with Crippen molar-refractivity contribution in [2.75, 3.05) is 0 Å². The molecular formula is C22H26O2S. The monoisotopic (exact) mass is 354 g/mol. The fourth-order valence-corrected chi connectivity index (χ4v) is 5.53. The van der Waals surface area contributed by atoms with Crippen LogP contribution in [-0.2, 0) is 29.0 Å². The molecule has 1 saturated carbocycles. The number of carbonyl (C=O) groups excluding carboxylic acids is 1. The summed E-state index contributed by atoms with van der Waals surface area (Å²) < 4.78 is 5.76. The first kappa shape index (κ1) is 16.8. The number of hydrogen-bond donors (Lipinski definition) is 0. The van der Waals surface area contributed by atoms with Gasteiger partial charge in [0.15, 0.2) is 0 Å². The third-order valence-electron chi connectivity index (χ3n) is 6.76. The van der Waals surface area contributed by atoms with Crippen molar-refractivity contribution in [2.24, 2.45) is 16.7 Å². The summed E-state index contributed by atoms with van der Waals surface area (Å²) in [4.78, 5) is 14.0. The van der Waals surface area contributed by atoms with Gasteiger partial charge in [-0.05, 0) is 63.8 Å². The smallest absolute Gasteiger partial charge is 0.310 e. The molecule has 0 N–H and O–H groups in total. The summed E-state index contributed by atoms with van der Waals surface area (Å²) in [6, 6.07) is 8.68. The number of ether oxygens (including phenoxy) is 1. The average Bonchev–Trinajstić information content (AvgIpc) is 2.83. The maximum atomic E-state index is 12.6. The Morgan fingerprint density at radius 1 is 1.16 bits per heavy atom. The fraction of sp³-hybridized carbons (Fsp3) is 0.500. The van der Waals surface area contributed by atoms with Crippen molar-refractivity contribution in [3.63, 3.8) is 0 Å². The minimum Gasteiger partial charge on any atom is -0.461 e. The molecule has 1 aromatic carbocycles. The molecule has 0 unspecified atom stereocenters. The molecule has 25 heavy (non-hydrogen) atoms. The van der Waals surface area contributed by atoms with Gasteiger partial charge >= 0.3 is 5.97 Å². The van der Waals surface area contributed by atoms with Crippen LogP contribution >= 0.6 is 11.3 Å². The molecule has 1 aromatic heterocycles. The second kappa shape index (κ2) is 5.70. The highest BCUT2D eigenvalue weighted by atomic mass is 32.1. The molecule has 0 radical (unpaired) electrons. The van der Waals surface area contributed by atoms with E-state index in [4.69, 9.17) is 4.74 Å². The molecule has 2 nitrogen and oxygen atoms in total. The Morgan fingerprint density at radius 2 is 1.92 bits per heavy atom. The Hall–Kier alpha value is -1.61. The van der Waals surface area contributed by atoms with Crippen LogP contribution in [0.1, 0.15) is 50.8 Å². The van der Waals surface area contributed by atoms with Crippen LogP contribution in [0.3, 0.4) is 0 Å². The Morgan fingerprint density at radius 3 is 2.64 bits per heavy atom. The van der Waals surface area contributed by atoms with E-state index in [-0.39, 0.29) is 22.7 Å². The maximum absolute atomic E-state index is 12.6. The van der Waals surface area contributed by atoms with Crippen LogP contribution in [0.4, 0.5) is 0 Å². The van der Waals surface area contributed by atoms with Gasteiger partial charge in [0.2, 0.25) is 0 Å². The Labute approximate surface area is 154 Å². The number of benzene rings is 1. The predicted molar refractivity (Wildman–Crippen MR) is 103 cm³/mol. The number of thiophene rings is 1. The van der Waals surface area contributed by atoms with E-state index < -0.39 is 0 Å². The highest BCUT2D eigenvalue weighted by Crippen LogP contribution is 2.68. The van der Waals surface area contributed by atoms with Gasteiger partial charge in [-0.25, -0.2) is 0 Å². The van der Waals surface area contributed by atoms with E-state index in [1.807, 2.05) is 11.3 Å². The van der Waals surface area contributed by atoms with E-state index in [2.05, 4.69) is 57.3 Å². The van der Waals surface area contributed by atoms with Gasteiger partial charge in [-0.15, -0.1) is 11.3 Å². The van der Waals surface area contributed by atoms with Crippen LogP contribution in [0, 0.1) is 16.7 Å². The lowest BCUT2D eigenvalue weighted by molar-refractivity contribution is -0.148. The molecule has 4 rings (SSSR count). The summed E-state index contributed by atoms with van der Waals surface area (Å²) in [6.45, 7) is 9.03. The van der Waals surface area contributed by atoms with Gasteiger partial charge < -0.3 is 4.74 Å². The lowest BCUT2D eigenvalue weighted by Gasteiger charge is -2.13. The summed E-state index contributed by atoms with van der Waals surface area (Å²) in [5.74, 6) is -0.0377. The first-order valence-corrected chi connectivity index (χ1v) is 10.1. The van der Waals surface area contributed by atoms with E-state index in [0.29, 0.717) is 6.61 Å². The van der Waals surface area contributed by atoms with Crippen molar-refractivity contribution in [1.29, 1.82) is 0 Å². The van der Waals surface area contributed by atoms with Gasteiger partial charge in [0, 0.05) is 4.88 Å². The predicted octanol–water partition coefficient (Wildman–Crippen LogP) is 5.63. The van der Waals surface area contributed by atoms with Crippen LogP contribution in [0.25, 0.3) is 10.4 Å². The van der Waals surface area contributed by atoms with Crippen LogP contribution in [0.2, 0.25) is 0 Å². The fourth-order valence-electron chi connectivity index (χ4n) is 4.52. The Balaban J connectivity index is 1.56. The van der Waals surface area contributed by atoms with Crippen LogP contribution in [-0.4, -0.2) is 5.97 Å². The normalized spacial score (nSPS) is 20.3. The second-order valence-electron chi connectivity index (χ2n) is 8.56. The maximum Gasteiger partial charge on any atom is 0.310 e. The average molecular weight is 355 g/mol. The van der Waals surface area contributed by atoms with Crippen molar-refractivity contribution < 1.29 is 9.53 Å². The van der Waals surface area contributed by atoms with Gasteiger partial charge in [-0.2, -0.15) is 0 Å². The van der Waals surface area contributed by atoms with E-state index in [0.717, 1.165) is 19.3 Å². The summed E-state index contributed by atoms with van der Waals surface area (Å²) in [7, 11) is 0. The molecule has 132 valence electrons.